The standard InChI is InChI=1S/C24H27N3O2/c1-27-14-13-25-24(27)23(20-9-5-6-10-21(20)29-2)26-22(28)16-17-11-12-18-7-3-4-8-19(18)15-17/h5-6,9-15,23H,3-4,7-8,16H2,1-2H3,(H,26,28)/t23-/m0/s1. The highest BCUT2D eigenvalue weighted by molar-refractivity contribution is 5.79. The Morgan fingerprint density at radius 2 is 1.97 bits per heavy atom. The van der Waals surface area contributed by atoms with Gasteiger partial charge in [0.05, 0.1) is 13.5 Å². The number of methoxy groups -OCH3 is 1. The summed E-state index contributed by atoms with van der Waals surface area (Å²) in [5.41, 5.74) is 4.78. The molecule has 0 spiro atoms. The second-order valence-electron chi connectivity index (χ2n) is 7.63. The zero-order valence-corrected chi connectivity index (χ0v) is 17.0. The maximum absolute atomic E-state index is 13.0. The van der Waals surface area contributed by atoms with Gasteiger partial charge < -0.3 is 14.6 Å². The molecular formula is C24H27N3O2. The number of carbonyl (C=O) groups excluding carboxylic acids is 1. The van der Waals surface area contributed by atoms with Gasteiger partial charge in [0.25, 0.3) is 0 Å². The van der Waals surface area contributed by atoms with Crippen molar-refractivity contribution in [1.29, 1.82) is 0 Å². The lowest BCUT2D eigenvalue weighted by atomic mass is 9.90. The van der Waals surface area contributed by atoms with Gasteiger partial charge in [0.15, 0.2) is 0 Å². The van der Waals surface area contributed by atoms with Crippen molar-refractivity contribution in [2.24, 2.45) is 7.05 Å². The average Bonchev–Trinajstić information content (AvgIpc) is 3.17. The van der Waals surface area contributed by atoms with Crippen LogP contribution < -0.4 is 10.1 Å². The lowest BCUT2D eigenvalue weighted by molar-refractivity contribution is -0.121. The number of nitrogens with zero attached hydrogens (tertiary/aromatic N) is 2. The van der Waals surface area contributed by atoms with E-state index >= 15 is 0 Å². The fourth-order valence-corrected chi connectivity index (χ4v) is 4.14. The minimum absolute atomic E-state index is 0.0281. The molecule has 29 heavy (non-hydrogen) atoms. The first-order valence-corrected chi connectivity index (χ1v) is 10.2. The Labute approximate surface area is 171 Å². The average molecular weight is 389 g/mol. The van der Waals surface area contributed by atoms with Crippen LogP contribution in [0.5, 0.6) is 5.75 Å². The number of benzene rings is 2. The van der Waals surface area contributed by atoms with Crippen molar-refractivity contribution in [2.45, 2.75) is 38.1 Å². The van der Waals surface area contributed by atoms with Crippen LogP contribution in [-0.2, 0) is 31.1 Å². The minimum atomic E-state index is -0.378. The van der Waals surface area contributed by atoms with E-state index in [4.69, 9.17) is 4.74 Å². The van der Waals surface area contributed by atoms with E-state index in [1.54, 1.807) is 13.3 Å². The molecule has 1 amide bonds. The van der Waals surface area contributed by atoms with Crippen molar-refractivity contribution in [3.8, 4) is 5.75 Å². The molecule has 1 aliphatic rings. The molecule has 0 unspecified atom stereocenters. The predicted octanol–water partition coefficient (Wildman–Crippen LogP) is 3.76. The van der Waals surface area contributed by atoms with E-state index in [9.17, 15) is 4.79 Å². The Morgan fingerprint density at radius 3 is 2.72 bits per heavy atom. The Balaban J connectivity index is 1.58. The van der Waals surface area contributed by atoms with Crippen LogP contribution >= 0.6 is 0 Å². The fourth-order valence-electron chi connectivity index (χ4n) is 4.14. The molecule has 150 valence electrons. The zero-order chi connectivity index (χ0) is 20.2. The smallest absolute Gasteiger partial charge is 0.225 e. The molecule has 0 bridgehead atoms. The number of imidazole rings is 1. The normalized spacial score (nSPS) is 14.1. The molecule has 0 saturated heterocycles. The van der Waals surface area contributed by atoms with Crippen molar-refractivity contribution in [3.05, 3.63) is 82.9 Å². The third-order valence-electron chi connectivity index (χ3n) is 5.65. The number of carbonyl (C=O) groups is 1. The molecule has 0 aliphatic heterocycles. The third kappa shape index (κ3) is 4.19. The monoisotopic (exact) mass is 389 g/mol. The number of hydrogen-bond donors (Lipinski definition) is 1. The number of amides is 1. The van der Waals surface area contributed by atoms with E-state index in [2.05, 4.69) is 28.5 Å². The number of fused-ring (bicyclic) bond motifs is 1. The molecule has 1 atom stereocenters. The van der Waals surface area contributed by atoms with Crippen LogP contribution in [0.1, 0.15) is 47.0 Å². The maximum Gasteiger partial charge on any atom is 0.225 e. The second kappa shape index (κ2) is 8.52. The molecule has 5 heteroatoms. The Hall–Kier alpha value is -3.08. The van der Waals surface area contributed by atoms with Crippen LogP contribution in [0.3, 0.4) is 0 Å². The van der Waals surface area contributed by atoms with Gasteiger partial charge in [-0.1, -0.05) is 36.4 Å². The van der Waals surface area contributed by atoms with Gasteiger partial charge in [0, 0.05) is 25.0 Å². The van der Waals surface area contributed by atoms with E-state index in [1.807, 2.05) is 42.1 Å². The summed E-state index contributed by atoms with van der Waals surface area (Å²) in [5, 5.41) is 3.18. The SMILES string of the molecule is COc1ccccc1[C@H](NC(=O)Cc1ccc2c(c1)CCCC2)c1nccn1C. The van der Waals surface area contributed by atoms with Gasteiger partial charge in [-0.2, -0.15) is 0 Å². The van der Waals surface area contributed by atoms with Crippen LogP contribution in [0, 0.1) is 0 Å². The number of ether oxygens (including phenoxy) is 1. The summed E-state index contributed by atoms with van der Waals surface area (Å²) in [6.07, 6.45) is 8.73. The Kier molecular flexibility index (Phi) is 5.65. The molecular weight excluding hydrogens is 362 g/mol. The molecule has 0 radical (unpaired) electrons. The predicted molar refractivity (Wildman–Crippen MR) is 113 cm³/mol. The number of aromatic nitrogens is 2. The molecule has 4 rings (SSSR count). The second-order valence-corrected chi connectivity index (χ2v) is 7.63. The number of para-hydroxylation sites is 1. The number of nitrogens with one attached hydrogen (secondary N) is 1. The zero-order valence-electron chi connectivity index (χ0n) is 17.0. The van der Waals surface area contributed by atoms with Crippen LogP contribution in [0.25, 0.3) is 0 Å². The highest BCUT2D eigenvalue weighted by Crippen LogP contribution is 2.29. The molecule has 5 nitrogen and oxygen atoms in total. The molecule has 0 fully saturated rings. The quantitative estimate of drug-likeness (QED) is 0.698. The van der Waals surface area contributed by atoms with E-state index in [0.717, 1.165) is 35.5 Å². The minimum Gasteiger partial charge on any atom is -0.496 e. The lowest BCUT2D eigenvalue weighted by Crippen LogP contribution is -2.32. The van der Waals surface area contributed by atoms with Crippen molar-refractivity contribution < 1.29 is 9.53 Å². The maximum atomic E-state index is 13.0. The highest BCUT2D eigenvalue weighted by atomic mass is 16.5. The van der Waals surface area contributed by atoms with Gasteiger partial charge in [-0.3, -0.25) is 4.79 Å². The molecule has 1 heterocycles. The van der Waals surface area contributed by atoms with Crippen molar-refractivity contribution in [3.63, 3.8) is 0 Å². The topological polar surface area (TPSA) is 56.1 Å². The van der Waals surface area contributed by atoms with Gasteiger partial charge in [-0.15, -0.1) is 0 Å². The first kappa shape index (κ1) is 19.2. The number of aryl methyl sites for hydroxylation is 3. The molecule has 1 aromatic heterocycles. The molecule has 2 aromatic carbocycles. The summed E-state index contributed by atoms with van der Waals surface area (Å²) >= 11 is 0. The number of hydrogen-bond acceptors (Lipinski definition) is 3. The van der Waals surface area contributed by atoms with E-state index in [-0.39, 0.29) is 11.9 Å². The van der Waals surface area contributed by atoms with Crippen LogP contribution in [-0.4, -0.2) is 22.6 Å². The van der Waals surface area contributed by atoms with Gasteiger partial charge in [-0.25, -0.2) is 4.98 Å². The Morgan fingerprint density at radius 1 is 1.17 bits per heavy atom. The van der Waals surface area contributed by atoms with Crippen molar-refractivity contribution in [1.82, 2.24) is 14.9 Å². The summed E-state index contributed by atoms with van der Waals surface area (Å²) in [6.45, 7) is 0. The van der Waals surface area contributed by atoms with Crippen LogP contribution in [0.2, 0.25) is 0 Å². The summed E-state index contributed by atoms with van der Waals surface area (Å²) in [7, 11) is 3.57. The summed E-state index contributed by atoms with van der Waals surface area (Å²) < 4.78 is 7.46. The van der Waals surface area contributed by atoms with E-state index in [0.29, 0.717) is 6.42 Å². The van der Waals surface area contributed by atoms with Crippen molar-refractivity contribution >= 4 is 5.91 Å². The van der Waals surface area contributed by atoms with Crippen LogP contribution in [0.15, 0.2) is 54.9 Å². The summed E-state index contributed by atoms with van der Waals surface area (Å²) in [4.78, 5) is 17.5. The van der Waals surface area contributed by atoms with Gasteiger partial charge in [0.2, 0.25) is 5.91 Å². The van der Waals surface area contributed by atoms with Gasteiger partial charge >= 0.3 is 0 Å². The van der Waals surface area contributed by atoms with Crippen LogP contribution in [0.4, 0.5) is 0 Å². The summed E-state index contributed by atoms with van der Waals surface area (Å²) in [6, 6.07) is 13.8. The Bertz CT molecular complexity index is 1010. The van der Waals surface area contributed by atoms with E-state index < -0.39 is 0 Å². The molecule has 3 aromatic rings. The first-order chi connectivity index (χ1) is 14.2. The van der Waals surface area contributed by atoms with E-state index in [1.165, 1.54) is 24.0 Å². The van der Waals surface area contributed by atoms with Crippen molar-refractivity contribution in [2.75, 3.05) is 7.11 Å². The van der Waals surface area contributed by atoms with Gasteiger partial charge in [-0.05, 0) is 48.4 Å². The lowest BCUT2D eigenvalue weighted by Gasteiger charge is -2.21. The fraction of sp³-hybridized carbons (Fsp3) is 0.333. The molecule has 1 N–H and O–H groups in total. The highest BCUT2D eigenvalue weighted by Gasteiger charge is 2.24. The first-order valence-electron chi connectivity index (χ1n) is 10.2. The summed E-state index contributed by atoms with van der Waals surface area (Å²) in [5.74, 6) is 1.47. The van der Waals surface area contributed by atoms with Gasteiger partial charge in [0.1, 0.15) is 17.6 Å². The third-order valence-corrected chi connectivity index (χ3v) is 5.65. The number of rotatable bonds is 6. The largest absolute Gasteiger partial charge is 0.496 e. The molecule has 1 aliphatic carbocycles. The molecule has 0 saturated carbocycles.